The molecule has 4 rings (SSSR count). The average Bonchev–Trinajstić information content (AvgIpc) is 2.89. The number of fused-ring (bicyclic) bond motifs is 3. The predicted molar refractivity (Wildman–Crippen MR) is 91.2 cm³/mol. The van der Waals surface area contributed by atoms with E-state index in [-0.39, 0.29) is 5.82 Å². The lowest BCUT2D eigenvalue weighted by Crippen LogP contribution is -2.11. The van der Waals surface area contributed by atoms with Crippen LogP contribution in [0.15, 0.2) is 28.9 Å². The van der Waals surface area contributed by atoms with Gasteiger partial charge in [0.1, 0.15) is 29.0 Å². The molecule has 0 atom stereocenters. The van der Waals surface area contributed by atoms with Crippen molar-refractivity contribution >= 4 is 5.82 Å². The van der Waals surface area contributed by atoms with Crippen LogP contribution in [0, 0.1) is 25.2 Å². The third-order valence-corrected chi connectivity index (χ3v) is 4.69. The smallest absolute Gasteiger partial charge is 0.142 e. The molecule has 3 heterocycles. The van der Waals surface area contributed by atoms with Crippen LogP contribution in [0.3, 0.4) is 0 Å². The molecule has 0 saturated carbocycles. The molecule has 0 aromatic carbocycles. The Morgan fingerprint density at radius 1 is 1.25 bits per heavy atom. The molecule has 5 heteroatoms. The van der Waals surface area contributed by atoms with Gasteiger partial charge in [0.25, 0.3) is 0 Å². The fourth-order valence-electron chi connectivity index (χ4n) is 3.46. The maximum atomic E-state index is 9.61. The number of aryl methyl sites for hydroxylation is 2. The fourth-order valence-corrected chi connectivity index (χ4v) is 3.46. The Hall–Kier alpha value is -3.13. The molecule has 0 spiro atoms. The van der Waals surface area contributed by atoms with Gasteiger partial charge in [0, 0.05) is 35.5 Å². The van der Waals surface area contributed by atoms with Crippen LogP contribution in [0.5, 0.6) is 0 Å². The number of pyridine rings is 2. The average molecular weight is 316 g/mol. The maximum absolute atomic E-state index is 9.61. The summed E-state index contributed by atoms with van der Waals surface area (Å²) in [5.41, 5.74) is 12.3. The summed E-state index contributed by atoms with van der Waals surface area (Å²) in [5.74, 6) is 2.10. The van der Waals surface area contributed by atoms with Gasteiger partial charge < -0.3 is 10.2 Å². The van der Waals surface area contributed by atoms with Crippen molar-refractivity contribution in [1.82, 2.24) is 9.97 Å². The monoisotopic (exact) mass is 316 g/mol. The number of rotatable bonds is 1. The molecule has 0 bridgehead atoms. The molecule has 3 aromatic heterocycles. The lowest BCUT2D eigenvalue weighted by molar-refractivity contribution is 0.480. The summed E-state index contributed by atoms with van der Waals surface area (Å²) in [5, 5.41) is 9.61. The van der Waals surface area contributed by atoms with Gasteiger partial charge >= 0.3 is 0 Å². The quantitative estimate of drug-likeness (QED) is 0.741. The van der Waals surface area contributed by atoms with E-state index >= 15 is 0 Å². The SMILES string of the molecule is Cc1oc2c(c1C)-c1nc(N)c(C#N)c(-c3cccnc3)c1CC2. The largest absolute Gasteiger partial charge is 0.465 e. The van der Waals surface area contributed by atoms with E-state index in [1.165, 1.54) is 0 Å². The van der Waals surface area contributed by atoms with Gasteiger partial charge in [-0.25, -0.2) is 4.98 Å². The van der Waals surface area contributed by atoms with Crippen LogP contribution in [-0.2, 0) is 12.8 Å². The summed E-state index contributed by atoms with van der Waals surface area (Å²) in [6.45, 7) is 3.99. The highest BCUT2D eigenvalue weighted by atomic mass is 16.3. The topological polar surface area (TPSA) is 88.7 Å². The molecule has 0 fully saturated rings. The molecule has 1 aliphatic rings. The molecule has 24 heavy (non-hydrogen) atoms. The minimum Gasteiger partial charge on any atom is -0.465 e. The summed E-state index contributed by atoms with van der Waals surface area (Å²) in [6.07, 6.45) is 5.04. The Bertz CT molecular complexity index is 997. The van der Waals surface area contributed by atoms with Crippen LogP contribution in [0.2, 0.25) is 0 Å². The molecule has 0 radical (unpaired) electrons. The molecule has 0 saturated heterocycles. The van der Waals surface area contributed by atoms with Crippen LogP contribution in [0.1, 0.15) is 28.2 Å². The second-order valence-electron chi connectivity index (χ2n) is 6.01. The number of aromatic nitrogens is 2. The van der Waals surface area contributed by atoms with E-state index in [1.54, 1.807) is 12.4 Å². The van der Waals surface area contributed by atoms with Crippen molar-refractivity contribution in [2.45, 2.75) is 26.7 Å². The van der Waals surface area contributed by atoms with Crippen LogP contribution in [0.4, 0.5) is 5.82 Å². The number of nitrogens with two attached hydrogens (primary N) is 1. The number of nitrogens with zero attached hydrogens (tertiary/aromatic N) is 3. The third-order valence-electron chi connectivity index (χ3n) is 4.69. The van der Waals surface area contributed by atoms with Gasteiger partial charge in [0.15, 0.2) is 0 Å². The van der Waals surface area contributed by atoms with Gasteiger partial charge in [-0.3, -0.25) is 4.98 Å². The van der Waals surface area contributed by atoms with E-state index in [0.29, 0.717) is 5.56 Å². The lowest BCUT2D eigenvalue weighted by Gasteiger charge is -2.21. The highest BCUT2D eigenvalue weighted by Crippen LogP contribution is 2.43. The van der Waals surface area contributed by atoms with Crippen molar-refractivity contribution in [2.24, 2.45) is 0 Å². The predicted octanol–water partition coefficient (Wildman–Crippen LogP) is 3.57. The van der Waals surface area contributed by atoms with Crippen molar-refractivity contribution in [3.05, 3.63) is 52.7 Å². The Kier molecular flexibility index (Phi) is 3.14. The molecule has 5 nitrogen and oxygen atoms in total. The molecule has 2 N–H and O–H groups in total. The number of hydrogen-bond acceptors (Lipinski definition) is 5. The number of furan rings is 1. The second-order valence-corrected chi connectivity index (χ2v) is 6.01. The fraction of sp³-hybridized carbons (Fsp3) is 0.211. The third kappa shape index (κ3) is 1.93. The molecule has 3 aromatic rings. The van der Waals surface area contributed by atoms with E-state index in [1.807, 2.05) is 26.0 Å². The first-order valence-electron chi connectivity index (χ1n) is 7.84. The molecule has 0 aliphatic heterocycles. The summed E-state index contributed by atoms with van der Waals surface area (Å²) in [4.78, 5) is 8.75. The van der Waals surface area contributed by atoms with Crippen molar-refractivity contribution in [2.75, 3.05) is 5.73 Å². The van der Waals surface area contributed by atoms with Gasteiger partial charge in [-0.2, -0.15) is 5.26 Å². The van der Waals surface area contributed by atoms with Crippen molar-refractivity contribution < 1.29 is 4.42 Å². The van der Waals surface area contributed by atoms with Crippen molar-refractivity contribution in [1.29, 1.82) is 5.26 Å². The first-order valence-corrected chi connectivity index (χ1v) is 7.84. The zero-order chi connectivity index (χ0) is 16.8. The van der Waals surface area contributed by atoms with E-state index < -0.39 is 0 Å². The van der Waals surface area contributed by atoms with Gasteiger partial charge in [0.2, 0.25) is 0 Å². The van der Waals surface area contributed by atoms with E-state index in [0.717, 1.165) is 57.9 Å². The summed E-state index contributed by atoms with van der Waals surface area (Å²) in [7, 11) is 0. The minimum atomic E-state index is 0.251. The summed E-state index contributed by atoms with van der Waals surface area (Å²) in [6, 6.07) is 6.03. The Morgan fingerprint density at radius 3 is 2.79 bits per heavy atom. The minimum absolute atomic E-state index is 0.251. The van der Waals surface area contributed by atoms with Gasteiger partial charge in [0.05, 0.1) is 5.69 Å². The number of anilines is 1. The van der Waals surface area contributed by atoms with Crippen LogP contribution in [0.25, 0.3) is 22.4 Å². The molecular weight excluding hydrogens is 300 g/mol. The van der Waals surface area contributed by atoms with E-state index in [4.69, 9.17) is 10.2 Å². The van der Waals surface area contributed by atoms with Crippen LogP contribution in [-0.4, -0.2) is 9.97 Å². The Labute approximate surface area is 139 Å². The van der Waals surface area contributed by atoms with Gasteiger partial charge in [-0.1, -0.05) is 6.07 Å². The number of nitriles is 1. The highest BCUT2D eigenvalue weighted by molar-refractivity contribution is 5.86. The van der Waals surface area contributed by atoms with Crippen LogP contribution < -0.4 is 5.73 Å². The van der Waals surface area contributed by atoms with Gasteiger partial charge in [-0.15, -0.1) is 0 Å². The number of nitrogen functional groups attached to an aromatic ring is 1. The Balaban J connectivity index is 2.10. The number of hydrogen-bond donors (Lipinski definition) is 1. The van der Waals surface area contributed by atoms with Crippen molar-refractivity contribution in [3.63, 3.8) is 0 Å². The molecule has 0 amide bonds. The molecule has 0 unspecified atom stereocenters. The van der Waals surface area contributed by atoms with E-state index in [9.17, 15) is 5.26 Å². The summed E-state index contributed by atoms with van der Waals surface area (Å²) >= 11 is 0. The molecule has 118 valence electrons. The maximum Gasteiger partial charge on any atom is 0.142 e. The normalized spacial score (nSPS) is 12.4. The standard InChI is InChI=1S/C19H16N4O/c1-10-11(2)24-15-6-5-13-17(12-4-3-7-22-9-12)14(8-20)19(21)23-18(13)16(10)15/h3-4,7,9H,5-6H2,1-2H3,(H2,21,23). The lowest BCUT2D eigenvalue weighted by atomic mass is 9.85. The highest BCUT2D eigenvalue weighted by Gasteiger charge is 2.29. The van der Waals surface area contributed by atoms with Crippen molar-refractivity contribution in [3.8, 4) is 28.5 Å². The van der Waals surface area contributed by atoms with E-state index in [2.05, 4.69) is 16.0 Å². The summed E-state index contributed by atoms with van der Waals surface area (Å²) < 4.78 is 5.88. The Morgan fingerprint density at radius 2 is 2.08 bits per heavy atom. The second kappa shape index (κ2) is 5.20. The first-order chi connectivity index (χ1) is 11.6. The zero-order valence-electron chi connectivity index (χ0n) is 13.6. The van der Waals surface area contributed by atoms with Gasteiger partial charge in [-0.05, 0) is 37.5 Å². The molecule has 1 aliphatic carbocycles. The van der Waals surface area contributed by atoms with Crippen LogP contribution >= 0.6 is 0 Å². The molecular formula is C19H16N4O. The zero-order valence-corrected chi connectivity index (χ0v) is 13.6. The first kappa shape index (κ1) is 14.5.